The van der Waals surface area contributed by atoms with Crippen molar-refractivity contribution in [3.63, 3.8) is 0 Å². The number of likely N-dealkylation sites (N-methyl/N-ethyl adjacent to an activating group) is 1. The van der Waals surface area contributed by atoms with Gasteiger partial charge in [0.2, 0.25) is 5.91 Å². The smallest absolute Gasteiger partial charge is 0.245 e. The van der Waals surface area contributed by atoms with Gasteiger partial charge in [-0.25, -0.2) is 13.4 Å². The molecular formula is C15H24N4O3S. The van der Waals surface area contributed by atoms with Gasteiger partial charge in [-0.1, -0.05) is 0 Å². The van der Waals surface area contributed by atoms with Gasteiger partial charge in [0, 0.05) is 32.4 Å². The quantitative estimate of drug-likeness (QED) is 0.864. The molecule has 2 rings (SSSR count). The highest BCUT2D eigenvalue weighted by atomic mass is 32.2. The highest BCUT2D eigenvalue weighted by Crippen LogP contribution is 2.20. The van der Waals surface area contributed by atoms with Crippen molar-refractivity contribution >= 4 is 27.2 Å². The van der Waals surface area contributed by atoms with Gasteiger partial charge in [0.05, 0.1) is 11.9 Å². The Labute approximate surface area is 137 Å². The first-order valence-corrected chi connectivity index (χ1v) is 9.41. The molecule has 1 aliphatic heterocycles. The van der Waals surface area contributed by atoms with E-state index in [9.17, 15) is 13.2 Å². The lowest BCUT2D eigenvalue weighted by atomic mass is 10.2. The Morgan fingerprint density at radius 3 is 2.30 bits per heavy atom. The molecule has 0 spiro atoms. The third-order valence-electron chi connectivity index (χ3n) is 4.31. The van der Waals surface area contributed by atoms with Gasteiger partial charge in [0.25, 0.3) is 0 Å². The summed E-state index contributed by atoms with van der Waals surface area (Å²) in [6.07, 6.45) is 2.62. The van der Waals surface area contributed by atoms with Crippen molar-refractivity contribution in [1.29, 1.82) is 0 Å². The molecule has 0 aliphatic carbocycles. The van der Waals surface area contributed by atoms with Crippen LogP contribution in [0.4, 0.5) is 11.5 Å². The molecule has 1 N–H and O–H groups in total. The fourth-order valence-electron chi connectivity index (χ4n) is 2.13. The second-order valence-corrected chi connectivity index (χ2v) is 9.00. The third kappa shape index (κ3) is 4.00. The number of anilines is 2. The maximum absolute atomic E-state index is 12.2. The lowest BCUT2D eigenvalue weighted by Crippen LogP contribution is -2.45. The zero-order valence-corrected chi connectivity index (χ0v) is 14.9. The van der Waals surface area contributed by atoms with E-state index in [0.29, 0.717) is 5.69 Å². The van der Waals surface area contributed by atoms with Gasteiger partial charge in [-0.3, -0.25) is 4.79 Å². The molecule has 23 heavy (non-hydrogen) atoms. The summed E-state index contributed by atoms with van der Waals surface area (Å²) in [5.41, 5.74) is 0.490. The molecule has 8 heteroatoms. The summed E-state index contributed by atoms with van der Waals surface area (Å²) in [5, 5.41) is 2.62. The van der Waals surface area contributed by atoms with Crippen LogP contribution in [0.3, 0.4) is 0 Å². The van der Waals surface area contributed by atoms with Crippen molar-refractivity contribution in [2.45, 2.75) is 18.6 Å². The van der Waals surface area contributed by atoms with Gasteiger partial charge in [-0.15, -0.1) is 0 Å². The maximum Gasteiger partial charge on any atom is 0.245 e. The molecule has 7 nitrogen and oxygen atoms in total. The van der Waals surface area contributed by atoms with Crippen molar-refractivity contribution in [3.8, 4) is 0 Å². The van der Waals surface area contributed by atoms with E-state index in [-0.39, 0.29) is 0 Å². The van der Waals surface area contributed by atoms with Gasteiger partial charge < -0.3 is 15.1 Å². The molecule has 1 aromatic rings. The van der Waals surface area contributed by atoms with E-state index in [1.807, 2.05) is 6.07 Å². The fourth-order valence-corrected chi connectivity index (χ4v) is 2.52. The van der Waals surface area contributed by atoms with Crippen LogP contribution in [-0.4, -0.2) is 68.4 Å². The number of aromatic nitrogens is 1. The second kappa shape index (κ2) is 6.45. The van der Waals surface area contributed by atoms with Gasteiger partial charge in [-0.05, 0) is 33.0 Å². The predicted octanol–water partition coefficient (Wildman–Crippen LogP) is 0.595. The van der Waals surface area contributed by atoms with Gasteiger partial charge in [0.15, 0.2) is 9.84 Å². The maximum atomic E-state index is 12.2. The van der Waals surface area contributed by atoms with E-state index in [0.717, 1.165) is 38.3 Å². The lowest BCUT2D eigenvalue weighted by Gasteiger charge is -2.33. The van der Waals surface area contributed by atoms with Crippen LogP contribution in [0.15, 0.2) is 18.3 Å². The SMILES string of the molecule is CN1CCN(c2ccc(NC(=O)C(C)(C)S(C)(=O)=O)cn2)CC1. The molecule has 1 saturated heterocycles. The summed E-state index contributed by atoms with van der Waals surface area (Å²) < 4.78 is 21.9. The Kier molecular flexibility index (Phi) is 4.95. The summed E-state index contributed by atoms with van der Waals surface area (Å²) in [4.78, 5) is 21.0. The lowest BCUT2D eigenvalue weighted by molar-refractivity contribution is -0.117. The molecular weight excluding hydrogens is 316 g/mol. The van der Waals surface area contributed by atoms with E-state index < -0.39 is 20.5 Å². The average molecular weight is 340 g/mol. The second-order valence-electron chi connectivity index (χ2n) is 6.43. The molecule has 0 atom stereocenters. The predicted molar refractivity (Wildman–Crippen MR) is 91.5 cm³/mol. The molecule has 128 valence electrons. The van der Waals surface area contributed by atoms with Crippen molar-refractivity contribution in [2.75, 3.05) is 49.7 Å². The van der Waals surface area contributed by atoms with Crippen molar-refractivity contribution in [1.82, 2.24) is 9.88 Å². The molecule has 0 saturated carbocycles. The number of nitrogens with zero attached hydrogens (tertiary/aromatic N) is 3. The number of carbonyl (C=O) groups is 1. The first-order valence-electron chi connectivity index (χ1n) is 7.52. The molecule has 0 bridgehead atoms. The molecule has 1 aliphatic rings. The van der Waals surface area contributed by atoms with Crippen molar-refractivity contribution < 1.29 is 13.2 Å². The number of carbonyl (C=O) groups excluding carboxylic acids is 1. The highest BCUT2D eigenvalue weighted by molar-refractivity contribution is 7.92. The van der Waals surface area contributed by atoms with Crippen LogP contribution in [0.5, 0.6) is 0 Å². The fraction of sp³-hybridized carbons (Fsp3) is 0.600. The number of rotatable bonds is 4. The number of amides is 1. The first-order chi connectivity index (χ1) is 10.6. The Hall–Kier alpha value is -1.67. The molecule has 2 heterocycles. The Morgan fingerprint density at radius 1 is 1.22 bits per heavy atom. The summed E-state index contributed by atoms with van der Waals surface area (Å²) in [6.45, 7) is 6.59. The van der Waals surface area contributed by atoms with Crippen molar-refractivity contribution in [3.05, 3.63) is 18.3 Å². The number of piperazine rings is 1. The number of hydrogen-bond acceptors (Lipinski definition) is 6. The Bertz CT molecular complexity index is 662. The van der Waals surface area contributed by atoms with E-state index in [1.54, 1.807) is 12.3 Å². The van der Waals surface area contributed by atoms with Crippen LogP contribution in [0.1, 0.15) is 13.8 Å². The molecule has 0 radical (unpaired) electrons. The number of nitrogens with one attached hydrogen (secondary N) is 1. The van der Waals surface area contributed by atoms with E-state index in [2.05, 4.69) is 27.1 Å². The minimum atomic E-state index is -3.50. The summed E-state index contributed by atoms with van der Waals surface area (Å²) >= 11 is 0. The van der Waals surface area contributed by atoms with Crippen LogP contribution in [0.2, 0.25) is 0 Å². The minimum Gasteiger partial charge on any atom is -0.354 e. The van der Waals surface area contributed by atoms with E-state index in [4.69, 9.17) is 0 Å². The molecule has 1 amide bonds. The van der Waals surface area contributed by atoms with Crippen LogP contribution in [0.25, 0.3) is 0 Å². The minimum absolute atomic E-state index is 0.490. The first kappa shape index (κ1) is 17.7. The van der Waals surface area contributed by atoms with Gasteiger partial charge >= 0.3 is 0 Å². The van der Waals surface area contributed by atoms with E-state index >= 15 is 0 Å². The summed E-state index contributed by atoms with van der Waals surface area (Å²) in [7, 11) is -1.41. The summed E-state index contributed by atoms with van der Waals surface area (Å²) in [6, 6.07) is 3.59. The highest BCUT2D eigenvalue weighted by Gasteiger charge is 2.38. The normalized spacial score (nSPS) is 17.1. The molecule has 1 fully saturated rings. The zero-order chi connectivity index (χ0) is 17.3. The third-order valence-corrected chi connectivity index (χ3v) is 6.35. The van der Waals surface area contributed by atoms with E-state index in [1.165, 1.54) is 13.8 Å². The molecule has 0 aromatic carbocycles. The molecule has 1 aromatic heterocycles. The number of pyridine rings is 1. The monoisotopic (exact) mass is 340 g/mol. The molecule has 0 unspecified atom stereocenters. The standard InChI is InChI=1S/C15H24N4O3S/c1-15(2,23(4,21)22)14(20)17-12-5-6-13(16-11-12)19-9-7-18(3)8-10-19/h5-6,11H,7-10H2,1-4H3,(H,17,20). The van der Waals surface area contributed by atoms with Crippen LogP contribution < -0.4 is 10.2 Å². The summed E-state index contributed by atoms with van der Waals surface area (Å²) in [5.74, 6) is 0.299. The largest absolute Gasteiger partial charge is 0.354 e. The van der Waals surface area contributed by atoms with Crippen LogP contribution in [-0.2, 0) is 14.6 Å². The Morgan fingerprint density at radius 2 is 1.83 bits per heavy atom. The average Bonchev–Trinajstić information content (AvgIpc) is 2.47. The van der Waals surface area contributed by atoms with Gasteiger partial charge in [0.1, 0.15) is 10.6 Å². The number of hydrogen-bond donors (Lipinski definition) is 1. The number of sulfone groups is 1. The topological polar surface area (TPSA) is 82.6 Å². The Balaban J connectivity index is 2.04. The van der Waals surface area contributed by atoms with Crippen LogP contribution in [0, 0.1) is 0 Å². The van der Waals surface area contributed by atoms with Gasteiger partial charge in [-0.2, -0.15) is 0 Å². The zero-order valence-electron chi connectivity index (χ0n) is 14.0. The van der Waals surface area contributed by atoms with Crippen LogP contribution >= 0.6 is 0 Å². The van der Waals surface area contributed by atoms with Crippen molar-refractivity contribution in [2.24, 2.45) is 0 Å².